The number of halogens is 1. The largest absolute Gasteiger partial charge is 0.240 e. The highest BCUT2D eigenvalue weighted by molar-refractivity contribution is 7.89. The van der Waals surface area contributed by atoms with Gasteiger partial charge in [0, 0.05) is 11.9 Å². The highest BCUT2D eigenvalue weighted by Gasteiger charge is 2.38. The van der Waals surface area contributed by atoms with Crippen molar-refractivity contribution in [1.82, 2.24) is 9.71 Å². The molecule has 0 aliphatic heterocycles. The van der Waals surface area contributed by atoms with Crippen LogP contribution in [0.15, 0.2) is 35.2 Å². The normalized spacial score (nSPS) is 17.3. The van der Waals surface area contributed by atoms with Gasteiger partial charge in [-0.3, -0.25) is 0 Å². The zero-order valence-corrected chi connectivity index (χ0v) is 12.6. The first-order valence-electron chi connectivity index (χ1n) is 6.44. The Labute approximate surface area is 123 Å². The Morgan fingerprint density at radius 2 is 2.05 bits per heavy atom. The van der Waals surface area contributed by atoms with Crippen molar-refractivity contribution in [3.05, 3.63) is 35.5 Å². The predicted octanol–water partition coefficient (Wildman–Crippen LogP) is 2.97. The molecule has 0 amide bonds. The van der Waals surface area contributed by atoms with Crippen molar-refractivity contribution in [2.45, 2.75) is 24.7 Å². The number of aromatic nitrogens is 1. The standard InChI is InChI=1S/C14H15ClN2O2S/c1-14(6-7-14)9-16-20(18,19)11-3-4-12-10(8-11)2-5-13(15)17-12/h2-5,8,16H,6-7,9H2,1H3. The molecule has 20 heavy (non-hydrogen) atoms. The molecule has 1 aliphatic rings. The van der Waals surface area contributed by atoms with E-state index in [1.54, 1.807) is 30.3 Å². The van der Waals surface area contributed by atoms with Crippen molar-refractivity contribution in [2.75, 3.05) is 6.54 Å². The fourth-order valence-corrected chi connectivity index (χ4v) is 3.38. The fourth-order valence-electron chi connectivity index (χ4n) is 1.99. The van der Waals surface area contributed by atoms with Crippen LogP contribution in [0.1, 0.15) is 19.8 Å². The molecule has 1 aliphatic carbocycles. The second kappa shape index (κ2) is 4.69. The van der Waals surface area contributed by atoms with Crippen LogP contribution in [0.4, 0.5) is 0 Å². The number of rotatable bonds is 4. The van der Waals surface area contributed by atoms with Crippen molar-refractivity contribution in [2.24, 2.45) is 5.41 Å². The van der Waals surface area contributed by atoms with Crippen LogP contribution in [0.25, 0.3) is 10.9 Å². The van der Waals surface area contributed by atoms with E-state index in [0.29, 0.717) is 17.2 Å². The molecule has 1 saturated carbocycles. The maximum absolute atomic E-state index is 12.3. The van der Waals surface area contributed by atoms with Crippen molar-refractivity contribution in [3.8, 4) is 0 Å². The van der Waals surface area contributed by atoms with Crippen LogP contribution >= 0.6 is 11.6 Å². The number of nitrogens with zero attached hydrogens (tertiary/aromatic N) is 1. The van der Waals surface area contributed by atoms with E-state index in [0.717, 1.165) is 18.2 Å². The van der Waals surface area contributed by atoms with E-state index in [-0.39, 0.29) is 10.3 Å². The Bertz CT molecular complexity index is 770. The van der Waals surface area contributed by atoms with Crippen molar-refractivity contribution in [3.63, 3.8) is 0 Å². The highest BCUT2D eigenvalue weighted by Crippen LogP contribution is 2.44. The summed E-state index contributed by atoms with van der Waals surface area (Å²) in [6.07, 6.45) is 2.16. The van der Waals surface area contributed by atoms with Crippen LogP contribution in [-0.2, 0) is 10.0 Å². The number of fused-ring (bicyclic) bond motifs is 1. The van der Waals surface area contributed by atoms with Crippen LogP contribution in [0.3, 0.4) is 0 Å². The van der Waals surface area contributed by atoms with Crippen LogP contribution in [0, 0.1) is 5.41 Å². The van der Waals surface area contributed by atoms with Crippen LogP contribution < -0.4 is 4.72 Å². The molecule has 0 spiro atoms. The number of nitrogens with one attached hydrogen (secondary N) is 1. The first-order chi connectivity index (χ1) is 9.38. The zero-order chi connectivity index (χ0) is 14.4. The summed E-state index contributed by atoms with van der Waals surface area (Å²) in [6, 6.07) is 8.28. The summed E-state index contributed by atoms with van der Waals surface area (Å²) in [5.41, 5.74) is 0.824. The van der Waals surface area contributed by atoms with E-state index in [4.69, 9.17) is 11.6 Å². The average molecular weight is 311 g/mol. The quantitative estimate of drug-likeness (QED) is 0.883. The second-order valence-corrected chi connectivity index (χ2v) is 7.78. The van der Waals surface area contributed by atoms with E-state index in [9.17, 15) is 8.42 Å². The lowest BCUT2D eigenvalue weighted by Crippen LogP contribution is -2.29. The minimum absolute atomic E-state index is 0.138. The van der Waals surface area contributed by atoms with Gasteiger partial charge in [0.2, 0.25) is 10.0 Å². The molecule has 0 saturated heterocycles. The van der Waals surface area contributed by atoms with Crippen LogP contribution in [0.2, 0.25) is 5.15 Å². The Balaban J connectivity index is 1.90. The summed E-state index contributed by atoms with van der Waals surface area (Å²) < 4.78 is 27.2. The molecule has 1 fully saturated rings. The molecular weight excluding hydrogens is 296 g/mol. The van der Waals surface area contributed by atoms with E-state index >= 15 is 0 Å². The molecule has 1 aromatic heterocycles. The Morgan fingerprint density at radius 3 is 2.75 bits per heavy atom. The Hall–Kier alpha value is -1.17. The number of benzene rings is 1. The first kappa shape index (κ1) is 13.8. The molecule has 3 rings (SSSR count). The molecule has 0 radical (unpaired) electrons. The summed E-state index contributed by atoms with van der Waals surface area (Å²) in [7, 11) is -3.47. The number of pyridine rings is 1. The number of hydrogen-bond donors (Lipinski definition) is 1. The van der Waals surface area contributed by atoms with Crippen molar-refractivity contribution < 1.29 is 8.42 Å². The summed E-state index contributed by atoms with van der Waals surface area (Å²) in [6.45, 7) is 2.58. The minimum atomic E-state index is -3.47. The number of sulfonamides is 1. The zero-order valence-electron chi connectivity index (χ0n) is 11.1. The number of hydrogen-bond acceptors (Lipinski definition) is 3. The molecule has 1 heterocycles. The van der Waals surface area contributed by atoms with Crippen LogP contribution in [-0.4, -0.2) is 19.9 Å². The maximum atomic E-state index is 12.3. The van der Waals surface area contributed by atoms with Crippen molar-refractivity contribution in [1.29, 1.82) is 0 Å². The maximum Gasteiger partial charge on any atom is 0.240 e. The van der Waals surface area contributed by atoms with Gasteiger partial charge in [-0.15, -0.1) is 0 Å². The molecule has 2 aromatic rings. The van der Waals surface area contributed by atoms with E-state index in [2.05, 4.69) is 16.6 Å². The summed E-state index contributed by atoms with van der Waals surface area (Å²) >= 11 is 5.81. The van der Waals surface area contributed by atoms with Crippen LogP contribution in [0.5, 0.6) is 0 Å². The van der Waals surface area contributed by atoms with Gasteiger partial charge in [-0.25, -0.2) is 18.1 Å². The van der Waals surface area contributed by atoms with E-state index in [1.165, 1.54) is 0 Å². The molecule has 0 unspecified atom stereocenters. The smallest absolute Gasteiger partial charge is 0.236 e. The van der Waals surface area contributed by atoms with Crippen molar-refractivity contribution >= 4 is 32.5 Å². The lowest BCUT2D eigenvalue weighted by Gasteiger charge is -2.11. The lowest BCUT2D eigenvalue weighted by atomic mass is 10.2. The summed E-state index contributed by atoms with van der Waals surface area (Å²) in [5, 5.41) is 1.16. The van der Waals surface area contributed by atoms with Gasteiger partial charge in [-0.1, -0.05) is 18.5 Å². The minimum Gasteiger partial charge on any atom is -0.236 e. The second-order valence-electron chi connectivity index (χ2n) is 5.62. The summed E-state index contributed by atoms with van der Waals surface area (Å²) in [4.78, 5) is 4.41. The molecule has 6 heteroatoms. The van der Waals surface area contributed by atoms with Gasteiger partial charge >= 0.3 is 0 Å². The molecule has 0 atom stereocenters. The Kier molecular flexibility index (Phi) is 3.23. The van der Waals surface area contributed by atoms with Gasteiger partial charge in [0.1, 0.15) is 5.15 Å². The third kappa shape index (κ3) is 2.80. The molecular formula is C14H15ClN2O2S. The molecule has 1 aromatic carbocycles. The van der Waals surface area contributed by atoms with E-state index in [1.807, 2.05) is 0 Å². The third-order valence-corrected chi connectivity index (χ3v) is 5.34. The van der Waals surface area contributed by atoms with Gasteiger partial charge in [-0.05, 0) is 48.6 Å². The lowest BCUT2D eigenvalue weighted by molar-refractivity contribution is 0.530. The topological polar surface area (TPSA) is 59.1 Å². The summed E-state index contributed by atoms with van der Waals surface area (Å²) in [5.74, 6) is 0. The third-order valence-electron chi connectivity index (χ3n) is 3.73. The molecule has 4 nitrogen and oxygen atoms in total. The van der Waals surface area contributed by atoms with Gasteiger partial charge in [0.25, 0.3) is 0 Å². The average Bonchev–Trinajstić information content (AvgIpc) is 3.15. The monoisotopic (exact) mass is 310 g/mol. The molecule has 106 valence electrons. The highest BCUT2D eigenvalue weighted by atomic mass is 35.5. The van der Waals surface area contributed by atoms with E-state index < -0.39 is 10.0 Å². The van der Waals surface area contributed by atoms with Gasteiger partial charge in [0.05, 0.1) is 10.4 Å². The fraction of sp³-hybridized carbons (Fsp3) is 0.357. The van der Waals surface area contributed by atoms with Gasteiger partial charge in [0.15, 0.2) is 0 Å². The van der Waals surface area contributed by atoms with Gasteiger partial charge < -0.3 is 0 Å². The SMILES string of the molecule is CC1(CNS(=O)(=O)c2ccc3nc(Cl)ccc3c2)CC1. The Morgan fingerprint density at radius 1 is 1.30 bits per heavy atom. The predicted molar refractivity (Wildman–Crippen MR) is 79.3 cm³/mol. The van der Waals surface area contributed by atoms with Gasteiger partial charge in [-0.2, -0.15) is 0 Å². The first-order valence-corrected chi connectivity index (χ1v) is 8.30. The molecule has 0 bridgehead atoms. The molecule has 1 N–H and O–H groups in total.